The van der Waals surface area contributed by atoms with Gasteiger partial charge in [-0.3, -0.25) is 4.79 Å². The van der Waals surface area contributed by atoms with Crippen LogP contribution < -0.4 is 4.74 Å². The molecule has 0 amide bonds. The van der Waals surface area contributed by atoms with Gasteiger partial charge in [0.05, 0.1) is 0 Å². The molecule has 1 N–H and O–H groups in total. The lowest BCUT2D eigenvalue weighted by molar-refractivity contribution is -0.164. The van der Waals surface area contributed by atoms with Crippen LogP contribution in [0.5, 0.6) is 5.75 Å². The predicted octanol–water partition coefficient (Wildman–Crippen LogP) is 1.08. The zero-order chi connectivity index (χ0) is 12.0. The highest BCUT2D eigenvalue weighted by Gasteiger charge is 2.21. The van der Waals surface area contributed by atoms with E-state index in [-0.39, 0.29) is 6.61 Å². The maximum absolute atomic E-state index is 10.7. The van der Waals surface area contributed by atoms with E-state index in [4.69, 9.17) is 9.84 Å². The van der Waals surface area contributed by atoms with Crippen molar-refractivity contribution in [3.63, 3.8) is 0 Å². The van der Waals surface area contributed by atoms with Gasteiger partial charge in [-0.25, -0.2) is 4.79 Å². The highest BCUT2D eigenvalue weighted by Crippen LogP contribution is 2.09. The van der Waals surface area contributed by atoms with Crippen LogP contribution in [0.15, 0.2) is 30.3 Å². The topological polar surface area (TPSA) is 72.8 Å². The second kappa shape index (κ2) is 5.75. The highest BCUT2D eigenvalue weighted by atomic mass is 16.6. The number of hydrogen-bond donors (Lipinski definition) is 1. The Bertz CT molecular complexity index is 360. The van der Waals surface area contributed by atoms with Crippen LogP contribution in [0.25, 0.3) is 0 Å². The molecule has 0 heterocycles. The molecule has 0 saturated carbocycles. The third-order valence-electron chi connectivity index (χ3n) is 1.73. The lowest BCUT2D eigenvalue weighted by atomic mass is 10.3. The van der Waals surface area contributed by atoms with Crippen molar-refractivity contribution < 1.29 is 24.2 Å². The average Bonchev–Trinajstić information content (AvgIpc) is 2.25. The Morgan fingerprint density at radius 1 is 1.31 bits per heavy atom. The van der Waals surface area contributed by atoms with E-state index in [0.29, 0.717) is 5.75 Å². The Balaban J connectivity index is 2.50. The van der Waals surface area contributed by atoms with Crippen LogP contribution in [0.3, 0.4) is 0 Å². The minimum atomic E-state index is -1.28. The second-order valence-corrected chi connectivity index (χ2v) is 3.06. The molecule has 86 valence electrons. The molecule has 16 heavy (non-hydrogen) atoms. The van der Waals surface area contributed by atoms with E-state index in [0.717, 1.165) is 6.92 Å². The van der Waals surface area contributed by atoms with Crippen LogP contribution in [-0.2, 0) is 14.3 Å². The molecule has 1 aromatic rings. The van der Waals surface area contributed by atoms with E-state index in [2.05, 4.69) is 4.74 Å². The van der Waals surface area contributed by atoms with Gasteiger partial charge in [0.25, 0.3) is 0 Å². The smallest absolute Gasteiger partial charge is 0.348 e. The highest BCUT2D eigenvalue weighted by molar-refractivity contribution is 5.77. The van der Waals surface area contributed by atoms with Crippen molar-refractivity contribution >= 4 is 11.9 Å². The molecule has 1 aromatic carbocycles. The molecule has 0 spiro atoms. The van der Waals surface area contributed by atoms with Crippen LogP contribution in [0, 0.1) is 0 Å². The second-order valence-electron chi connectivity index (χ2n) is 3.06. The summed E-state index contributed by atoms with van der Waals surface area (Å²) in [5, 5.41) is 8.74. The predicted molar refractivity (Wildman–Crippen MR) is 55.1 cm³/mol. The number of carbonyl (C=O) groups is 2. The fraction of sp³-hybridized carbons (Fsp3) is 0.273. The molecule has 1 rings (SSSR count). The van der Waals surface area contributed by atoms with Crippen LogP contribution in [-0.4, -0.2) is 29.8 Å². The number of carboxylic acids is 1. The maximum Gasteiger partial charge on any atom is 0.348 e. The Morgan fingerprint density at radius 2 is 1.94 bits per heavy atom. The molecule has 5 heteroatoms. The first-order chi connectivity index (χ1) is 7.59. The van der Waals surface area contributed by atoms with Crippen LogP contribution >= 0.6 is 0 Å². The third kappa shape index (κ3) is 4.00. The van der Waals surface area contributed by atoms with E-state index in [9.17, 15) is 9.59 Å². The molecule has 1 atom stereocenters. The minimum absolute atomic E-state index is 0.209. The Hall–Kier alpha value is -2.04. The Morgan fingerprint density at radius 3 is 2.44 bits per heavy atom. The van der Waals surface area contributed by atoms with Crippen molar-refractivity contribution in [2.75, 3.05) is 6.61 Å². The molecular weight excluding hydrogens is 212 g/mol. The van der Waals surface area contributed by atoms with Crippen LogP contribution in [0.4, 0.5) is 0 Å². The molecular formula is C11H12O5. The molecule has 5 nitrogen and oxygen atoms in total. The number of hydrogen-bond acceptors (Lipinski definition) is 4. The van der Waals surface area contributed by atoms with Gasteiger partial charge in [0, 0.05) is 6.92 Å². The van der Waals surface area contributed by atoms with Crippen molar-refractivity contribution in [1.82, 2.24) is 0 Å². The molecule has 0 aliphatic rings. The molecule has 0 aromatic heterocycles. The number of carboxylic acid groups (broad SMARTS) is 1. The maximum atomic E-state index is 10.7. The number of benzene rings is 1. The van der Waals surface area contributed by atoms with E-state index >= 15 is 0 Å². The summed E-state index contributed by atoms with van der Waals surface area (Å²) in [6.45, 7) is 0.942. The zero-order valence-corrected chi connectivity index (χ0v) is 8.75. The van der Waals surface area contributed by atoms with Gasteiger partial charge < -0.3 is 14.6 Å². The largest absolute Gasteiger partial charge is 0.489 e. The first-order valence-corrected chi connectivity index (χ1v) is 4.67. The Labute approximate surface area is 92.6 Å². The van der Waals surface area contributed by atoms with Crippen molar-refractivity contribution in [3.8, 4) is 5.75 Å². The van der Waals surface area contributed by atoms with E-state index in [1.54, 1.807) is 24.3 Å². The molecule has 0 fully saturated rings. The Kier molecular flexibility index (Phi) is 4.32. The lowest BCUT2D eigenvalue weighted by Crippen LogP contribution is -2.32. The van der Waals surface area contributed by atoms with Crippen LogP contribution in [0.2, 0.25) is 0 Å². The van der Waals surface area contributed by atoms with Crippen LogP contribution in [0.1, 0.15) is 6.92 Å². The summed E-state index contributed by atoms with van der Waals surface area (Å²) >= 11 is 0. The number of ether oxygens (including phenoxy) is 2. The van der Waals surface area contributed by atoms with E-state index in [1.165, 1.54) is 0 Å². The number of esters is 1. The molecule has 0 bridgehead atoms. The lowest BCUT2D eigenvalue weighted by Gasteiger charge is -2.13. The summed E-state index contributed by atoms with van der Waals surface area (Å²) in [7, 11) is 0. The summed E-state index contributed by atoms with van der Waals surface area (Å²) < 4.78 is 9.74. The zero-order valence-electron chi connectivity index (χ0n) is 8.75. The van der Waals surface area contributed by atoms with Crippen molar-refractivity contribution in [1.29, 1.82) is 0 Å². The van der Waals surface area contributed by atoms with Crippen molar-refractivity contribution in [2.45, 2.75) is 13.0 Å². The fourth-order valence-corrected chi connectivity index (χ4v) is 1.04. The standard InChI is InChI=1S/C11H12O5/c1-8(12)16-10(11(13)14)7-15-9-5-3-2-4-6-9/h2-6,10H,7H2,1H3,(H,13,14). The normalized spacial score (nSPS) is 11.6. The first-order valence-electron chi connectivity index (χ1n) is 4.67. The minimum Gasteiger partial charge on any atom is -0.489 e. The molecule has 0 saturated heterocycles. The van der Waals surface area contributed by atoms with Gasteiger partial charge in [-0.1, -0.05) is 18.2 Å². The van der Waals surface area contributed by atoms with Gasteiger partial charge in [-0.05, 0) is 12.1 Å². The number of para-hydroxylation sites is 1. The average molecular weight is 224 g/mol. The third-order valence-corrected chi connectivity index (χ3v) is 1.73. The van der Waals surface area contributed by atoms with Gasteiger partial charge in [0.2, 0.25) is 6.10 Å². The van der Waals surface area contributed by atoms with Gasteiger partial charge in [-0.2, -0.15) is 0 Å². The molecule has 0 radical (unpaired) electrons. The number of carbonyl (C=O) groups excluding carboxylic acids is 1. The summed E-state index contributed by atoms with van der Waals surface area (Å²) in [5.74, 6) is -1.35. The van der Waals surface area contributed by atoms with Gasteiger partial charge in [0.1, 0.15) is 12.4 Å². The van der Waals surface area contributed by atoms with Gasteiger partial charge in [0.15, 0.2) is 0 Å². The summed E-state index contributed by atoms with van der Waals surface area (Å²) in [5.41, 5.74) is 0. The SMILES string of the molecule is CC(=O)OC(COc1ccccc1)C(=O)O. The summed E-state index contributed by atoms with van der Waals surface area (Å²) in [6, 6.07) is 8.71. The van der Waals surface area contributed by atoms with E-state index in [1.807, 2.05) is 6.07 Å². The van der Waals surface area contributed by atoms with Gasteiger partial charge >= 0.3 is 11.9 Å². The van der Waals surface area contributed by atoms with Crippen molar-refractivity contribution in [3.05, 3.63) is 30.3 Å². The summed E-state index contributed by atoms with van der Waals surface area (Å²) in [6.07, 6.45) is -1.28. The monoisotopic (exact) mass is 224 g/mol. The fourth-order valence-electron chi connectivity index (χ4n) is 1.04. The summed E-state index contributed by atoms with van der Waals surface area (Å²) in [4.78, 5) is 21.3. The first kappa shape index (κ1) is 12.0. The molecule has 0 aliphatic heterocycles. The molecule has 1 unspecified atom stereocenters. The number of aliphatic carboxylic acids is 1. The number of rotatable bonds is 5. The van der Waals surface area contributed by atoms with Gasteiger partial charge in [-0.15, -0.1) is 0 Å². The van der Waals surface area contributed by atoms with E-state index < -0.39 is 18.0 Å². The quantitative estimate of drug-likeness (QED) is 0.757. The van der Waals surface area contributed by atoms with Crippen molar-refractivity contribution in [2.24, 2.45) is 0 Å². The molecule has 0 aliphatic carbocycles.